The van der Waals surface area contributed by atoms with Gasteiger partial charge in [0.2, 0.25) is 15.9 Å². The van der Waals surface area contributed by atoms with Crippen LogP contribution in [-0.4, -0.2) is 51.9 Å². The molecule has 8 nitrogen and oxygen atoms in total. The number of hydrogen-bond acceptors (Lipinski definition) is 5. The van der Waals surface area contributed by atoms with E-state index in [1.54, 1.807) is 24.3 Å². The molecule has 0 atom stereocenters. The minimum Gasteiger partial charge on any atom is -0.495 e. The Labute approximate surface area is 199 Å². The van der Waals surface area contributed by atoms with Crippen LogP contribution in [0.4, 0.5) is 0 Å². The molecular formula is C23H28ClN3O5S. The highest BCUT2D eigenvalue weighted by Crippen LogP contribution is 2.25. The van der Waals surface area contributed by atoms with Crippen LogP contribution >= 0.6 is 11.6 Å². The molecule has 2 amide bonds. The van der Waals surface area contributed by atoms with Crippen molar-refractivity contribution in [3.8, 4) is 5.75 Å². The maximum absolute atomic E-state index is 12.9. The summed E-state index contributed by atoms with van der Waals surface area (Å²) in [5.41, 5.74) is 0.891. The van der Waals surface area contributed by atoms with Crippen molar-refractivity contribution in [2.75, 3.05) is 26.7 Å². The average Bonchev–Trinajstić information content (AvgIpc) is 2.83. The molecule has 0 saturated carbocycles. The number of carbonyl (C=O) groups is 2. The van der Waals surface area contributed by atoms with Gasteiger partial charge in [-0.3, -0.25) is 9.59 Å². The van der Waals surface area contributed by atoms with Crippen LogP contribution in [0.5, 0.6) is 5.75 Å². The van der Waals surface area contributed by atoms with E-state index in [0.29, 0.717) is 5.02 Å². The molecule has 1 heterocycles. The highest BCUT2D eigenvalue weighted by molar-refractivity contribution is 7.89. The normalized spacial score (nSPS) is 14.1. The molecule has 0 unspecified atom stereocenters. The van der Waals surface area contributed by atoms with Crippen molar-refractivity contribution in [1.29, 1.82) is 0 Å². The SMILES string of the molecule is COc1ccc(C(=O)NCCC(=O)N2CCCCC2)cc1S(=O)(=O)NCc1ccc(Cl)cc1. The fourth-order valence-electron chi connectivity index (χ4n) is 3.57. The number of carbonyl (C=O) groups excluding carboxylic acids is 2. The first-order valence-electron chi connectivity index (χ1n) is 10.8. The molecule has 1 aliphatic heterocycles. The van der Waals surface area contributed by atoms with Crippen molar-refractivity contribution in [3.63, 3.8) is 0 Å². The van der Waals surface area contributed by atoms with Crippen LogP contribution in [0.25, 0.3) is 0 Å². The number of nitrogens with zero attached hydrogens (tertiary/aromatic N) is 1. The molecule has 1 aliphatic rings. The number of ether oxygens (including phenoxy) is 1. The molecule has 0 spiro atoms. The van der Waals surface area contributed by atoms with Crippen molar-refractivity contribution in [2.24, 2.45) is 0 Å². The van der Waals surface area contributed by atoms with Crippen LogP contribution in [0.3, 0.4) is 0 Å². The van der Waals surface area contributed by atoms with Crippen LogP contribution in [0, 0.1) is 0 Å². The maximum atomic E-state index is 12.9. The quantitative estimate of drug-likeness (QED) is 0.558. The van der Waals surface area contributed by atoms with Crippen molar-refractivity contribution < 1.29 is 22.7 Å². The van der Waals surface area contributed by atoms with Gasteiger partial charge in [-0.2, -0.15) is 0 Å². The molecule has 1 saturated heterocycles. The van der Waals surface area contributed by atoms with Gasteiger partial charge in [-0.1, -0.05) is 23.7 Å². The van der Waals surface area contributed by atoms with Crippen LogP contribution < -0.4 is 14.8 Å². The van der Waals surface area contributed by atoms with E-state index in [9.17, 15) is 18.0 Å². The predicted octanol–water partition coefficient (Wildman–Crippen LogP) is 2.96. The number of rotatable bonds is 9. The third-order valence-electron chi connectivity index (χ3n) is 5.43. The van der Waals surface area contributed by atoms with Gasteiger partial charge in [-0.25, -0.2) is 13.1 Å². The third kappa shape index (κ3) is 6.93. The average molecular weight is 494 g/mol. The van der Waals surface area contributed by atoms with Gasteiger partial charge in [0, 0.05) is 43.2 Å². The summed E-state index contributed by atoms with van der Waals surface area (Å²) in [6.07, 6.45) is 3.36. The molecule has 0 aromatic heterocycles. The Bertz CT molecular complexity index is 1080. The number of methoxy groups -OCH3 is 1. The zero-order valence-electron chi connectivity index (χ0n) is 18.5. The van der Waals surface area contributed by atoms with Crippen LogP contribution in [-0.2, 0) is 21.4 Å². The third-order valence-corrected chi connectivity index (χ3v) is 7.10. The van der Waals surface area contributed by atoms with E-state index in [4.69, 9.17) is 16.3 Å². The molecule has 1 fully saturated rings. The lowest BCUT2D eigenvalue weighted by Gasteiger charge is -2.26. The first kappa shape index (κ1) is 25.0. The van der Waals surface area contributed by atoms with Gasteiger partial charge in [0.1, 0.15) is 10.6 Å². The van der Waals surface area contributed by atoms with Crippen LogP contribution in [0.15, 0.2) is 47.4 Å². The number of halogens is 1. The lowest BCUT2D eigenvalue weighted by molar-refractivity contribution is -0.131. The molecule has 0 radical (unpaired) electrons. The zero-order valence-corrected chi connectivity index (χ0v) is 20.0. The Hall–Kier alpha value is -2.62. The minimum absolute atomic E-state index is 0.0133. The smallest absolute Gasteiger partial charge is 0.251 e. The molecule has 2 N–H and O–H groups in total. The Kier molecular flexibility index (Phi) is 8.71. The molecule has 178 valence electrons. The lowest BCUT2D eigenvalue weighted by Crippen LogP contribution is -2.37. The fraction of sp³-hybridized carbons (Fsp3) is 0.391. The first-order valence-corrected chi connectivity index (χ1v) is 12.6. The van der Waals surface area contributed by atoms with Gasteiger partial charge in [-0.15, -0.1) is 0 Å². The van der Waals surface area contributed by atoms with Crippen molar-refractivity contribution in [2.45, 2.75) is 37.1 Å². The van der Waals surface area contributed by atoms with E-state index in [1.807, 2.05) is 4.90 Å². The number of amides is 2. The zero-order chi connectivity index (χ0) is 23.8. The molecule has 3 rings (SSSR count). The second-order valence-electron chi connectivity index (χ2n) is 7.76. The molecule has 2 aromatic carbocycles. The van der Waals surface area contributed by atoms with Gasteiger partial charge in [0.25, 0.3) is 5.91 Å². The van der Waals surface area contributed by atoms with Crippen LogP contribution in [0.1, 0.15) is 41.6 Å². The minimum atomic E-state index is -3.96. The first-order chi connectivity index (χ1) is 15.8. The molecule has 0 aliphatic carbocycles. The molecular weight excluding hydrogens is 466 g/mol. The maximum Gasteiger partial charge on any atom is 0.251 e. The van der Waals surface area contributed by atoms with E-state index in [2.05, 4.69) is 10.0 Å². The number of likely N-dealkylation sites (tertiary alicyclic amines) is 1. The standard InChI is InChI=1S/C23H28ClN3O5S/c1-32-20-10-7-18(23(29)25-12-11-22(28)27-13-3-2-4-14-27)15-21(20)33(30,31)26-16-17-5-8-19(24)9-6-17/h5-10,15,26H,2-4,11-14,16H2,1H3,(H,25,29). The summed E-state index contributed by atoms with van der Waals surface area (Å²) in [5, 5.41) is 3.25. The summed E-state index contributed by atoms with van der Waals surface area (Å²) in [4.78, 5) is 26.5. The number of nitrogens with one attached hydrogen (secondary N) is 2. The topological polar surface area (TPSA) is 105 Å². The number of hydrogen-bond donors (Lipinski definition) is 2. The van der Waals surface area contributed by atoms with E-state index in [-0.39, 0.29) is 41.6 Å². The number of sulfonamides is 1. The second-order valence-corrected chi connectivity index (χ2v) is 9.94. The van der Waals surface area contributed by atoms with Crippen molar-refractivity contribution in [3.05, 3.63) is 58.6 Å². The molecule has 33 heavy (non-hydrogen) atoms. The molecule has 0 bridgehead atoms. The predicted molar refractivity (Wildman–Crippen MR) is 126 cm³/mol. The van der Waals surface area contributed by atoms with E-state index >= 15 is 0 Å². The highest BCUT2D eigenvalue weighted by atomic mass is 35.5. The van der Waals surface area contributed by atoms with Crippen molar-refractivity contribution in [1.82, 2.24) is 14.9 Å². The van der Waals surface area contributed by atoms with E-state index in [0.717, 1.165) is 37.9 Å². The second kappa shape index (κ2) is 11.5. The summed E-state index contributed by atoms with van der Waals surface area (Å²) >= 11 is 5.86. The largest absolute Gasteiger partial charge is 0.495 e. The Morgan fingerprint density at radius 1 is 1.06 bits per heavy atom. The molecule has 2 aromatic rings. The Balaban J connectivity index is 1.64. The summed E-state index contributed by atoms with van der Waals surface area (Å²) in [7, 11) is -2.60. The molecule has 10 heteroatoms. The number of piperidine rings is 1. The summed E-state index contributed by atoms with van der Waals surface area (Å²) in [6.45, 7) is 1.75. The number of benzene rings is 2. The summed E-state index contributed by atoms with van der Waals surface area (Å²) < 4.78 is 33.5. The summed E-state index contributed by atoms with van der Waals surface area (Å²) in [6, 6.07) is 11.0. The van der Waals surface area contributed by atoms with Gasteiger partial charge in [-0.05, 0) is 55.2 Å². The van der Waals surface area contributed by atoms with Gasteiger partial charge in [0.05, 0.1) is 7.11 Å². The fourth-order valence-corrected chi connectivity index (χ4v) is 4.91. The highest BCUT2D eigenvalue weighted by Gasteiger charge is 2.22. The Morgan fingerprint density at radius 2 is 1.76 bits per heavy atom. The van der Waals surface area contributed by atoms with Gasteiger partial charge in [0.15, 0.2) is 0 Å². The van der Waals surface area contributed by atoms with E-state index < -0.39 is 15.9 Å². The van der Waals surface area contributed by atoms with Gasteiger partial charge >= 0.3 is 0 Å². The van der Waals surface area contributed by atoms with Gasteiger partial charge < -0.3 is 15.0 Å². The Morgan fingerprint density at radius 3 is 2.42 bits per heavy atom. The monoisotopic (exact) mass is 493 g/mol. The van der Waals surface area contributed by atoms with Crippen LogP contribution in [0.2, 0.25) is 5.02 Å². The van der Waals surface area contributed by atoms with E-state index in [1.165, 1.54) is 25.3 Å². The van der Waals surface area contributed by atoms with Crippen molar-refractivity contribution >= 4 is 33.4 Å². The summed E-state index contributed by atoms with van der Waals surface area (Å²) in [5.74, 6) is -0.326. The lowest BCUT2D eigenvalue weighted by atomic mass is 10.1.